The first-order valence-electron chi connectivity index (χ1n) is 6.24. The Labute approximate surface area is 99.6 Å². The molecule has 0 rings (SSSR count). The van der Waals surface area contributed by atoms with E-state index in [0.717, 1.165) is 25.9 Å². The molecule has 0 saturated heterocycles. The first-order chi connectivity index (χ1) is 7.85. The summed E-state index contributed by atoms with van der Waals surface area (Å²) in [6.45, 7) is 8.90. The van der Waals surface area contributed by atoms with Gasteiger partial charge in [0.2, 0.25) is 0 Å². The predicted octanol–water partition coefficient (Wildman–Crippen LogP) is 1.44. The van der Waals surface area contributed by atoms with Crippen molar-refractivity contribution in [3.05, 3.63) is 0 Å². The third kappa shape index (κ3) is 10.4. The van der Waals surface area contributed by atoms with Crippen LogP contribution in [-0.4, -0.2) is 52.7 Å². The molecule has 4 nitrogen and oxygen atoms in total. The van der Waals surface area contributed by atoms with E-state index in [2.05, 4.69) is 19.2 Å². The zero-order valence-corrected chi connectivity index (χ0v) is 11.0. The van der Waals surface area contributed by atoms with Gasteiger partial charge in [-0.05, 0) is 19.4 Å². The second-order valence-electron chi connectivity index (χ2n) is 3.71. The van der Waals surface area contributed by atoms with Crippen LogP contribution in [0.5, 0.6) is 0 Å². The van der Waals surface area contributed by atoms with E-state index in [-0.39, 0.29) is 0 Å². The van der Waals surface area contributed by atoms with Crippen molar-refractivity contribution in [1.82, 2.24) is 5.32 Å². The van der Waals surface area contributed by atoms with Crippen molar-refractivity contribution in [2.75, 3.05) is 46.6 Å². The summed E-state index contributed by atoms with van der Waals surface area (Å²) in [6.07, 6.45) is 2.50. The molecule has 0 radical (unpaired) electrons. The summed E-state index contributed by atoms with van der Waals surface area (Å²) in [5.74, 6) is 0. The standard InChI is InChI=1S/C12H27NO3/c1-4-6-13-11-12(5-2)16-10-9-15-8-7-14-3/h12-13H,4-11H2,1-3H3. The average molecular weight is 233 g/mol. The highest BCUT2D eigenvalue weighted by Crippen LogP contribution is 1.96. The van der Waals surface area contributed by atoms with Crippen molar-refractivity contribution in [1.29, 1.82) is 0 Å². The summed E-state index contributed by atoms with van der Waals surface area (Å²) in [7, 11) is 1.67. The predicted molar refractivity (Wildman–Crippen MR) is 65.9 cm³/mol. The van der Waals surface area contributed by atoms with E-state index >= 15 is 0 Å². The van der Waals surface area contributed by atoms with Gasteiger partial charge in [-0.3, -0.25) is 0 Å². The zero-order valence-electron chi connectivity index (χ0n) is 11.0. The molecule has 0 aliphatic heterocycles. The van der Waals surface area contributed by atoms with E-state index < -0.39 is 0 Å². The van der Waals surface area contributed by atoms with Gasteiger partial charge in [-0.1, -0.05) is 13.8 Å². The van der Waals surface area contributed by atoms with Crippen LogP contribution in [0, 0.1) is 0 Å². The number of nitrogens with one attached hydrogen (secondary N) is 1. The second kappa shape index (κ2) is 12.9. The number of rotatable bonds is 12. The van der Waals surface area contributed by atoms with Crippen molar-refractivity contribution < 1.29 is 14.2 Å². The minimum atomic E-state index is 0.303. The Morgan fingerprint density at radius 3 is 2.44 bits per heavy atom. The summed E-state index contributed by atoms with van der Waals surface area (Å²) < 4.78 is 15.9. The van der Waals surface area contributed by atoms with Gasteiger partial charge in [0.25, 0.3) is 0 Å². The van der Waals surface area contributed by atoms with Crippen LogP contribution in [0.15, 0.2) is 0 Å². The first kappa shape index (κ1) is 15.8. The molecule has 0 aliphatic carbocycles. The maximum atomic E-state index is 5.69. The molecule has 1 unspecified atom stereocenters. The van der Waals surface area contributed by atoms with Crippen molar-refractivity contribution >= 4 is 0 Å². The monoisotopic (exact) mass is 233 g/mol. The number of methoxy groups -OCH3 is 1. The van der Waals surface area contributed by atoms with E-state index in [9.17, 15) is 0 Å². The van der Waals surface area contributed by atoms with Crippen LogP contribution in [0.2, 0.25) is 0 Å². The van der Waals surface area contributed by atoms with Crippen LogP contribution in [0.25, 0.3) is 0 Å². The van der Waals surface area contributed by atoms with Gasteiger partial charge in [-0.2, -0.15) is 0 Å². The lowest BCUT2D eigenvalue weighted by molar-refractivity contribution is -0.00687. The Bertz CT molecular complexity index is 133. The fraction of sp³-hybridized carbons (Fsp3) is 1.00. The maximum Gasteiger partial charge on any atom is 0.0704 e. The molecule has 0 bridgehead atoms. The lowest BCUT2D eigenvalue weighted by Gasteiger charge is -2.16. The number of ether oxygens (including phenoxy) is 3. The van der Waals surface area contributed by atoms with Gasteiger partial charge in [-0.15, -0.1) is 0 Å². The largest absolute Gasteiger partial charge is 0.382 e. The van der Waals surface area contributed by atoms with E-state index in [0.29, 0.717) is 32.5 Å². The Morgan fingerprint density at radius 2 is 1.81 bits per heavy atom. The Balaban J connectivity index is 3.26. The highest BCUT2D eigenvalue weighted by molar-refractivity contribution is 4.59. The van der Waals surface area contributed by atoms with E-state index in [1.807, 2.05) is 0 Å². The molecule has 0 amide bonds. The summed E-state index contributed by atoms with van der Waals surface area (Å²) in [5.41, 5.74) is 0. The zero-order chi connectivity index (χ0) is 12.1. The molecule has 0 saturated carbocycles. The van der Waals surface area contributed by atoms with Gasteiger partial charge in [-0.25, -0.2) is 0 Å². The third-order valence-corrected chi connectivity index (χ3v) is 2.27. The summed E-state index contributed by atoms with van der Waals surface area (Å²) in [4.78, 5) is 0. The molecule has 0 aromatic carbocycles. The molecule has 0 aromatic heterocycles. The van der Waals surface area contributed by atoms with Gasteiger partial charge in [0, 0.05) is 13.7 Å². The van der Waals surface area contributed by atoms with Crippen molar-refractivity contribution in [2.45, 2.75) is 32.8 Å². The summed E-state index contributed by atoms with van der Waals surface area (Å²) in [6, 6.07) is 0. The molecular weight excluding hydrogens is 206 g/mol. The Kier molecular flexibility index (Phi) is 12.8. The van der Waals surface area contributed by atoms with Gasteiger partial charge in [0.05, 0.1) is 32.5 Å². The fourth-order valence-electron chi connectivity index (χ4n) is 1.28. The highest BCUT2D eigenvalue weighted by atomic mass is 16.5. The van der Waals surface area contributed by atoms with Crippen molar-refractivity contribution in [2.24, 2.45) is 0 Å². The molecule has 0 aliphatic rings. The molecule has 4 heteroatoms. The average Bonchev–Trinajstić information content (AvgIpc) is 2.31. The quantitative estimate of drug-likeness (QED) is 0.518. The lowest BCUT2D eigenvalue weighted by Crippen LogP contribution is -2.30. The summed E-state index contributed by atoms with van der Waals surface area (Å²) >= 11 is 0. The third-order valence-electron chi connectivity index (χ3n) is 2.27. The molecule has 1 N–H and O–H groups in total. The molecule has 0 spiro atoms. The van der Waals surface area contributed by atoms with Crippen molar-refractivity contribution in [3.63, 3.8) is 0 Å². The minimum Gasteiger partial charge on any atom is -0.382 e. The van der Waals surface area contributed by atoms with Crippen LogP contribution >= 0.6 is 0 Å². The van der Waals surface area contributed by atoms with E-state index in [4.69, 9.17) is 14.2 Å². The van der Waals surface area contributed by atoms with E-state index in [1.165, 1.54) is 0 Å². The highest BCUT2D eigenvalue weighted by Gasteiger charge is 2.04. The van der Waals surface area contributed by atoms with Gasteiger partial charge in [0.1, 0.15) is 0 Å². The topological polar surface area (TPSA) is 39.7 Å². The van der Waals surface area contributed by atoms with Crippen LogP contribution in [0.1, 0.15) is 26.7 Å². The molecule has 0 fully saturated rings. The summed E-state index contributed by atoms with van der Waals surface area (Å²) in [5, 5.41) is 3.36. The SMILES string of the molecule is CCCNCC(CC)OCCOCCOC. The smallest absolute Gasteiger partial charge is 0.0704 e. The van der Waals surface area contributed by atoms with Gasteiger partial charge < -0.3 is 19.5 Å². The Hall–Kier alpha value is -0.160. The molecule has 16 heavy (non-hydrogen) atoms. The molecule has 98 valence electrons. The minimum absolute atomic E-state index is 0.303. The van der Waals surface area contributed by atoms with Gasteiger partial charge >= 0.3 is 0 Å². The van der Waals surface area contributed by atoms with Crippen LogP contribution < -0.4 is 5.32 Å². The molecule has 0 aromatic rings. The molecule has 0 heterocycles. The number of hydrogen-bond acceptors (Lipinski definition) is 4. The lowest BCUT2D eigenvalue weighted by atomic mass is 10.2. The van der Waals surface area contributed by atoms with Crippen LogP contribution in [0.3, 0.4) is 0 Å². The van der Waals surface area contributed by atoms with Gasteiger partial charge in [0.15, 0.2) is 0 Å². The Morgan fingerprint density at radius 1 is 1.06 bits per heavy atom. The first-order valence-corrected chi connectivity index (χ1v) is 6.24. The normalized spacial score (nSPS) is 12.9. The van der Waals surface area contributed by atoms with Crippen LogP contribution in [0.4, 0.5) is 0 Å². The molecular formula is C12H27NO3. The maximum absolute atomic E-state index is 5.69. The second-order valence-corrected chi connectivity index (χ2v) is 3.71. The van der Waals surface area contributed by atoms with E-state index in [1.54, 1.807) is 7.11 Å². The fourth-order valence-corrected chi connectivity index (χ4v) is 1.28. The van der Waals surface area contributed by atoms with Crippen LogP contribution in [-0.2, 0) is 14.2 Å². The molecule has 1 atom stereocenters. The van der Waals surface area contributed by atoms with Crippen molar-refractivity contribution in [3.8, 4) is 0 Å². The number of hydrogen-bond donors (Lipinski definition) is 1.